The Morgan fingerprint density at radius 1 is 1.26 bits per heavy atom. The number of aromatic amines is 1. The van der Waals surface area contributed by atoms with E-state index in [1.54, 1.807) is 0 Å². The van der Waals surface area contributed by atoms with Crippen molar-refractivity contribution in [2.24, 2.45) is 12.8 Å². The predicted octanol–water partition coefficient (Wildman–Crippen LogP) is 2.15. The Morgan fingerprint density at radius 2 is 2.11 bits per heavy atom. The molecule has 0 saturated heterocycles. The van der Waals surface area contributed by atoms with Crippen molar-refractivity contribution >= 4 is 10.9 Å². The zero-order valence-electron chi connectivity index (χ0n) is 11.1. The van der Waals surface area contributed by atoms with Gasteiger partial charge in [0.25, 0.3) is 0 Å². The van der Waals surface area contributed by atoms with E-state index >= 15 is 0 Å². The largest absolute Gasteiger partial charge is 0.361 e. The van der Waals surface area contributed by atoms with Crippen LogP contribution >= 0.6 is 0 Å². The molecular weight excluding hydrogens is 236 g/mol. The molecule has 0 aliphatic carbocycles. The van der Waals surface area contributed by atoms with Gasteiger partial charge in [-0.05, 0) is 24.5 Å². The summed E-state index contributed by atoms with van der Waals surface area (Å²) in [6, 6.07) is 8.38. The Kier molecular flexibility index (Phi) is 3.09. The van der Waals surface area contributed by atoms with Crippen LogP contribution in [0.1, 0.15) is 17.0 Å². The summed E-state index contributed by atoms with van der Waals surface area (Å²) >= 11 is 0. The first-order valence-electron chi connectivity index (χ1n) is 6.53. The van der Waals surface area contributed by atoms with Crippen LogP contribution in [0.5, 0.6) is 0 Å². The first-order chi connectivity index (χ1) is 9.29. The molecule has 3 rings (SSSR count). The number of hydrogen-bond donors (Lipinski definition) is 2. The van der Waals surface area contributed by atoms with Crippen LogP contribution < -0.4 is 5.73 Å². The summed E-state index contributed by atoms with van der Waals surface area (Å²) in [7, 11) is 1.99. The number of para-hydroxylation sites is 1. The van der Waals surface area contributed by atoms with E-state index in [-0.39, 0.29) is 0 Å². The van der Waals surface area contributed by atoms with Crippen LogP contribution in [0, 0.1) is 0 Å². The molecule has 0 atom stereocenters. The zero-order valence-corrected chi connectivity index (χ0v) is 11.1. The molecule has 0 amide bonds. The van der Waals surface area contributed by atoms with Crippen LogP contribution in [-0.2, 0) is 26.4 Å². The smallest absolute Gasteiger partial charge is 0.0949 e. The van der Waals surface area contributed by atoms with E-state index in [1.807, 2.05) is 24.0 Å². The zero-order chi connectivity index (χ0) is 13.2. The van der Waals surface area contributed by atoms with Gasteiger partial charge >= 0.3 is 0 Å². The van der Waals surface area contributed by atoms with Gasteiger partial charge in [0.15, 0.2) is 0 Å². The van der Waals surface area contributed by atoms with E-state index in [1.165, 1.54) is 16.5 Å². The minimum absolute atomic E-state index is 0.541. The monoisotopic (exact) mass is 254 g/mol. The van der Waals surface area contributed by atoms with Crippen LogP contribution in [0.4, 0.5) is 0 Å². The van der Waals surface area contributed by atoms with Gasteiger partial charge in [0.05, 0.1) is 17.7 Å². The topological polar surface area (TPSA) is 59.6 Å². The molecule has 19 heavy (non-hydrogen) atoms. The molecule has 4 nitrogen and oxygen atoms in total. The number of H-pyrrole nitrogens is 1. The summed E-state index contributed by atoms with van der Waals surface area (Å²) < 4.78 is 2.00. The molecule has 3 N–H and O–H groups in total. The molecule has 0 aliphatic rings. The quantitative estimate of drug-likeness (QED) is 0.749. The van der Waals surface area contributed by atoms with Crippen molar-refractivity contribution in [1.29, 1.82) is 0 Å². The minimum atomic E-state index is 0.541. The van der Waals surface area contributed by atoms with E-state index in [9.17, 15) is 0 Å². The van der Waals surface area contributed by atoms with Gasteiger partial charge in [-0.25, -0.2) is 4.98 Å². The average Bonchev–Trinajstić information content (AvgIpc) is 3.00. The van der Waals surface area contributed by atoms with Gasteiger partial charge in [0.2, 0.25) is 0 Å². The number of nitrogens with zero attached hydrogens (tertiary/aromatic N) is 2. The van der Waals surface area contributed by atoms with Gasteiger partial charge in [0, 0.05) is 30.7 Å². The third kappa shape index (κ3) is 2.15. The van der Waals surface area contributed by atoms with E-state index in [0.29, 0.717) is 6.54 Å². The summed E-state index contributed by atoms with van der Waals surface area (Å²) in [5.74, 6) is 0. The Hall–Kier alpha value is -2.07. The summed E-state index contributed by atoms with van der Waals surface area (Å²) in [5, 5.41) is 1.30. The number of hydrogen-bond acceptors (Lipinski definition) is 2. The number of imidazole rings is 1. The number of fused-ring (bicyclic) bond motifs is 1. The molecule has 2 heterocycles. The Bertz CT molecular complexity index is 693. The van der Waals surface area contributed by atoms with E-state index in [2.05, 4.69) is 34.4 Å². The van der Waals surface area contributed by atoms with Gasteiger partial charge < -0.3 is 15.3 Å². The van der Waals surface area contributed by atoms with Crippen molar-refractivity contribution in [1.82, 2.24) is 14.5 Å². The van der Waals surface area contributed by atoms with Crippen LogP contribution in [0.15, 0.2) is 36.8 Å². The second-order valence-corrected chi connectivity index (χ2v) is 4.81. The first-order valence-corrected chi connectivity index (χ1v) is 6.53. The van der Waals surface area contributed by atoms with Gasteiger partial charge in [0.1, 0.15) is 0 Å². The highest BCUT2D eigenvalue weighted by molar-refractivity contribution is 5.83. The maximum Gasteiger partial charge on any atom is 0.0949 e. The number of aromatic nitrogens is 3. The third-order valence-electron chi connectivity index (χ3n) is 3.65. The summed E-state index contributed by atoms with van der Waals surface area (Å²) in [5.41, 5.74) is 10.5. The fourth-order valence-corrected chi connectivity index (χ4v) is 2.57. The molecule has 1 aromatic carbocycles. The van der Waals surface area contributed by atoms with Crippen molar-refractivity contribution in [3.05, 3.63) is 53.7 Å². The molecule has 2 aromatic heterocycles. The van der Waals surface area contributed by atoms with Crippen molar-refractivity contribution in [2.45, 2.75) is 19.4 Å². The molecule has 0 unspecified atom stereocenters. The van der Waals surface area contributed by atoms with Crippen molar-refractivity contribution in [3.8, 4) is 0 Å². The van der Waals surface area contributed by atoms with Crippen molar-refractivity contribution in [2.75, 3.05) is 0 Å². The molecular formula is C15H18N4. The van der Waals surface area contributed by atoms with Gasteiger partial charge in [-0.3, -0.25) is 0 Å². The Balaban J connectivity index is 1.82. The molecule has 0 radical (unpaired) electrons. The second kappa shape index (κ2) is 4.90. The van der Waals surface area contributed by atoms with E-state index in [0.717, 1.165) is 24.2 Å². The van der Waals surface area contributed by atoms with Gasteiger partial charge in [-0.15, -0.1) is 0 Å². The lowest BCUT2D eigenvalue weighted by Crippen LogP contribution is -2.06. The molecule has 98 valence electrons. The lowest BCUT2D eigenvalue weighted by molar-refractivity contribution is 0.802. The number of nitrogens with one attached hydrogen (secondary N) is 1. The molecule has 0 fully saturated rings. The second-order valence-electron chi connectivity index (χ2n) is 4.81. The summed E-state index contributed by atoms with van der Waals surface area (Å²) in [6.45, 7) is 0.541. The fraction of sp³-hybridized carbons (Fsp3) is 0.267. The fourth-order valence-electron chi connectivity index (χ4n) is 2.57. The summed E-state index contributed by atoms with van der Waals surface area (Å²) in [4.78, 5) is 7.75. The van der Waals surface area contributed by atoms with Gasteiger partial charge in [-0.2, -0.15) is 0 Å². The number of nitrogens with two attached hydrogens (primary N) is 1. The number of aryl methyl sites for hydroxylation is 3. The lowest BCUT2D eigenvalue weighted by Gasteiger charge is -2.03. The minimum Gasteiger partial charge on any atom is -0.361 e. The Morgan fingerprint density at radius 3 is 2.95 bits per heavy atom. The highest BCUT2D eigenvalue weighted by Gasteiger charge is 2.09. The molecule has 0 aliphatic heterocycles. The highest BCUT2D eigenvalue weighted by atomic mass is 15.0. The summed E-state index contributed by atoms with van der Waals surface area (Å²) in [6.07, 6.45) is 5.84. The van der Waals surface area contributed by atoms with E-state index in [4.69, 9.17) is 5.73 Å². The van der Waals surface area contributed by atoms with Crippen LogP contribution in [0.2, 0.25) is 0 Å². The highest BCUT2D eigenvalue weighted by Crippen LogP contribution is 2.19. The normalized spacial score (nSPS) is 11.3. The third-order valence-corrected chi connectivity index (χ3v) is 3.65. The first kappa shape index (κ1) is 12.0. The average molecular weight is 254 g/mol. The lowest BCUT2D eigenvalue weighted by atomic mass is 10.1. The van der Waals surface area contributed by atoms with Crippen molar-refractivity contribution < 1.29 is 0 Å². The maximum atomic E-state index is 5.77. The number of benzene rings is 1. The molecule has 3 aromatic rings. The van der Waals surface area contributed by atoms with Gasteiger partial charge in [-0.1, -0.05) is 18.2 Å². The van der Waals surface area contributed by atoms with Crippen molar-refractivity contribution in [3.63, 3.8) is 0 Å². The number of rotatable bonds is 4. The predicted molar refractivity (Wildman–Crippen MR) is 76.8 cm³/mol. The van der Waals surface area contributed by atoms with Crippen LogP contribution in [0.3, 0.4) is 0 Å². The molecule has 0 saturated carbocycles. The van der Waals surface area contributed by atoms with E-state index < -0.39 is 0 Å². The molecule has 4 heteroatoms. The molecule has 0 spiro atoms. The SMILES string of the molecule is Cn1cnc(CCc2c[nH]c3ccccc23)c1CN. The standard InChI is InChI=1S/C15H18N4/c1-19-10-18-14(15(19)8-16)7-6-11-9-17-13-5-3-2-4-12(11)13/h2-5,9-10,17H,6-8,16H2,1H3. The van der Waals surface area contributed by atoms with Crippen LogP contribution in [0.25, 0.3) is 10.9 Å². The maximum absolute atomic E-state index is 5.77. The molecule has 0 bridgehead atoms. The van der Waals surface area contributed by atoms with Crippen LogP contribution in [-0.4, -0.2) is 14.5 Å². The Labute approximate surface area is 112 Å².